The second kappa shape index (κ2) is 11.4. The molecule has 0 atom stereocenters. The Hall–Kier alpha value is -4.01. The van der Waals surface area contributed by atoms with Crippen molar-refractivity contribution in [2.75, 3.05) is 25.0 Å². The summed E-state index contributed by atoms with van der Waals surface area (Å²) in [7, 11) is -4.03. The molecule has 1 fully saturated rings. The van der Waals surface area contributed by atoms with Crippen LogP contribution in [0.3, 0.4) is 0 Å². The number of thiophene rings is 1. The Morgan fingerprint density at radius 3 is 2.49 bits per heavy atom. The molecule has 39 heavy (non-hydrogen) atoms. The summed E-state index contributed by atoms with van der Waals surface area (Å²) < 4.78 is 32.7. The van der Waals surface area contributed by atoms with Gasteiger partial charge in [-0.2, -0.15) is 4.31 Å². The lowest BCUT2D eigenvalue weighted by atomic mass is 10.0. The Morgan fingerprint density at radius 2 is 1.85 bits per heavy atom. The molecule has 0 amide bonds. The summed E-state index contributed by atoms with van der Waals surface area (Å²) in [5.41, 5.74) is 1.52. The van der Waals surface area contributed by atoms with E-state index in [-0.39, 0.29) is 34.7 Å². The largest absolute Gasteiger partial charge is 0.480 e. The molecule has 1 aliphatic heterocycles. The van der Waals surface area contributed by atoms with Gasteiger partial charge in [-0.15, -0.1) is 11.3 Å². The topological polar surface area (TPSA) is 176 Å². The van der Waals surface area contributed by atoms with Gasteiger partial charge in [0.25, 0.3) is 5.69 Å². The van der Waals surface area contributed by atoms with Gasteiger partial charge in [-0.05, 0) is 43.5 Å². The van der Waals surface area contributed by atoms with E-state index in [1.165, 1.54) is 28.6 Å². The summed E-state index contributed by atoms with van der Waals surface area (Å²) in [6.07, 6.45) is 0.941. The van der Waals surface area contributed by atoms with Crippen LogP contribution in [0.4, 0.5) is 11.4 Å². The van der Waals surface area contributed by atoms with Crippen LogP contribution in [-0.2, 0) is 14.8 Å². The van der Waals surface area contributed by atoms with Gasteiger partial charge in [0, 0.05) is 41.3 Å². The molecule has 1 aromatic heterocycles. The summed E-state index contributed by atoms with van der Waals surface area (Å²) in [6, 6.07) is 12.5. The minimum Gasteiger partial charge on any atom is -0.480 e. The first-order chi connectivity index (χ1) is 18.5. The molecule has 14 heteroatoms. The minimum absolute atomic E-state index is 0.0236. The molecule has 4 rings (SSSR count). The molecule has 0 saturated carbocycles. The van der Waals surface area contributed by atoms with Gasteiger partial charge in [0.2, 0.25) is 10.0 Å². The maximum absolute atomic E-state index is 13.1. The highest BCUT2D eigenvalue weighted by atomic mass is 32.2. The number of aromatic carboxylic acids is 1. The van der Waals surface area contributed by atoms with Crippen molar-refractivity contribution in [3.63, 3.8) is 0 Å². The second-order valence-electron chi connectivity index (χ2n) is 8.83. The van der Waals surface area contributed by atoms with E-state index in [4.69, 9.17) is 9.84 Å². The molecule has 12 nitrogen and oxygen atoms in total. The number of hydrogen-bond donors (Lipinski definition) is 3. The number of nitro benzene ring substituents is 1. The van der Waals surface area contributed by atoms with Crippen molar-refractivity contribution >= 4 is 44.7 Å². The van der Waals surface area contributed by atoms with E-state index in [1.807, 2.05) is 12.1 Å². The standard InChI is InChI=1S/C25H25N3O9S2/c1-15-22(37-14-21(29)30)24(25(31)32)38-23(15)16-5-4-6-18(13-16)26-17-9-11-27(12-10-17)39(35,36)20-8-3-2-7-19(20)28(33)34/h2-8,13,17,26H,9-12,14H2,1H3,(H,29,30)(H,31,32). The molecule has 1 saturated heterocycles. The third kappa shape index (κ3) is 6.02. The lowest BCUT2D eigenvalue weighted by Crippen LogP contribution is -2.42. The minimum atomic E-state index is -4.03. The van der Waals surface area contributed by atoms with Gasteiger partial charge in [-0.25, -0.2) is 18.0 Å². The number of sulfonamides is 1. The fraction of sp³-hybridized carbons (Fsp3) is 0.280. The molecule has 3 N–H and O–H groups in total. The fourth-order valence-corrected chi connectivity index (χ4v) is 7.13. The van der Waals surface area contributed by atoms with Crippen molar-refractivity contribution in [2.45, 2.75) is 30.7 Å². The average molecular weight is 576 g/mol. The van der Waals surface area contributed by atoms with E-state index in [2.05, 4.69) is 5.32 Å². The summed E-state index contributed by atoms with van der Waals surface area (Å²) in [6.45, 7) is 1.37. The zero-order valence-electron chi connectivity index (χ0n) is 20.7. The second-order valence-corrected chi connectivity index (χ2v) is 11.8. The number of anilines is 1. The summed E-state index contributed by atoms with van der Waals surface area (Å²) in [4.78, 5) is 33.5. The van der Waals surface area contributed by atoms with Crippen molar-refractivity contribution < 1.29 is 37.9 Å². The van der Waals surface area contributed by atoms with Crippen LogP contribution in [0.25, 0.3) is 10.4 Å². The molecule has 0 unspecified atom stereocenters. The van der Waals surface area contributed by atoms with E-state index < -0.39 is 39.2 Å². The summed E-state index contributed by atoms with van der Waals surface area (Å²) >= 11 is 0.991. The van der Waals surface area contributed by atoms with E-state index in [0.29, 0.717) is 28.8 Å². The van der Waals surface area contributed by atoms with Crippen LogP contribution in [0.5, 0.6) is 5.75 Å². The lowest BCUT2D eigenvalue weighted by Gasteiger charge is -2.32. The van der Waals surface area contributed by atoms with Crippen molar-refractivity contribution in [1.82, 2.24) is 4.31 Å². The molecule has 0 radical (unpaired) electrons. The average Bonchev–Trinajstić information content (AvgIpc) is 3.24. The highest BCUT2D eigenvalue weighted by molar-refractivity contribution is 7.89. The van der Waals surface area contributed by atoms with Crippen LogP contribution in [0.15, 0.2) is 53.4 Å². The molecule has 2 heterocycles. The van der Waals surface area contributed by atoms with E-state index in [1.54, 1.807) is 19.1 Å². The smallest absolute Gasteiger partial charge is 0.349 e. The number of carboxylic acid groups (broad SMARTS) is 2. The number of piperidine rings is 1. The van der Waals surface area contributed by atoms with Crippen molar-refractivity contribution in [3.05, 3.63) is 69.1 Å². The van der Waals surface area contributed by atoms with Crippen LogP contribution in [0.2, 0.25) is 0 Å². The number of carboxylic acids is 2. The molecular formula is C25H25N3O9S2. The number of nitrogens with zero attached hydrogens (tertiary/aromatic N) is 2. The number of hydrogen-bond acceptors (Lipinski definition) is 9. The number of carbonyl (C=O) groups is 2. The van der Waals surface area contributed by atoms with E-state index >= 15 is 0 Å². The van der Waals surface area contributed by atoms with Gasteiger partial charge in [0.1, 0.15) is 5.75 Å². The van der Waals surface area contributed by atoms with Gasteiger partial charge >= 0.3 is 11.9 Å². The Morgan fingerprint density at radius 1 is 1.15 bits per heavy atom. The molecule has 3 aromatic rings. The molecular weight excluding hydrogens is 550 g/mol. The van der Waals surface area contributed by atoms with Gasteiger partial charge in [0.15, 0.2) is 16.4 Å². The Kier molecular flexibility index (Phi) is 8.18. The number of aliphatic carboxylic acids is 1. The van der Waals surface area contributed by atoms with E-state index in [0.717, 1.165) is 17.0 Å². The maximum atomic E-state index is 13.1. The predicted octanol–water partition coefficient (Wildman–Crippen LogP) is 4.06. The number of rotatable bonds is 10. The third-order valence-electron chi connectivity index (χ3n) is 6.26. The first-order valence-corrected chi connectivity index (χ1v) is 14.1. The predicted molar refractivity (Wildman–Crippen MR) is 143 cm³/mol. The quantitative estimate of drug-likeness (QED) is 0.236. The van der Waals surface area contributed by atoms with E-state index in [9.17, 15) is 33.2 Å². The van der Waals surface area contributed by atoms with Crippen LogP contribution in [-0.4, -0.2) is 65.5 Å². The maximum Gasteiger partial charge on any atom is 0.349 e. The Bertz CT molecular complexity index is 1530. The normalized spacial score (nSPS) is 14.6. The first-order valence-electron chi connectivity index (χ1n) is 11.8. The first kappa shape index (κ1) is 28.0. The molecule has 0 spiro atoms. The zero-order chi connectivity index (χ0) is 28.3. The monoisotopic (exact) mass is 575 g/mol. The SMILES string of the molecule is Cc1c(-c2cccc(NC3CCN(S(=O)(=O)c4ccccc4[N+](=O)[O-])CC3)c2)sc(C(=O)O)c1OCC(=O)O. The number of benzene rings is 2. The molecule has 0 aliphatic carbocycles. The van der Waals surface area contributed by atoms with Gasteiger partial charge < -0.3 is 20.3 Å². The Labute approximate surface area is 227 Å². The zero-order valence-corrected chi connectivity index (χ0v) is 22.3. The Balaban J connectivity index is 1.48. The molecule has 0 bridgehead atoms. The fourth-order valence-electron chi connectivity index (χ4n) is 4.41. The van der Waals surface area contributed by atoms with Crippen LogP contribution in [0, 0.1) is 17.0 Å². The van der Waals surface area contributed by atoms with Gasteiger partial charge in [-0.1, -0.05) is 24.3 Å². The third-order valence-corrected chi connectivity index (χ3v) is 9.51. The van der Waals surface area contributed by atoms with Crippen molar-refractivity contribution in [2.24, 2.45) is 0 Å². The molecule has 206 valence electrons. The van der Waals surface area contributed by atoms with Crippen LogP contribution in [0.1, 0.15) is 28.1 Å². The lowest BCUT2D eigenvalue weighted by molar-refractivity contribution is -0.387. The highest BCUT2D eigenvalue weighted by Crippen LogP contribution is 2.42. The highest BCUT2D eigenvalue weighted by Gasteiger charge is 2.34. The van der Waals surface area contributed by atoms with Crippen LogP contribution < -0.4 is 10.1 Å². The summed E-state index contributed by atoms with van der Waals surface area (Å²) in [5.74, 6) is -2.41. The molecule has 2 aromatic carbocycles. The summed E-state index contributed by atoms with van der Waals surface area (Å²) in [5, 5.41) is 33.2. The number of ether oxygens (including phenoxy) is 1. The number of para-hydroxylation sites is 1. The van der Waals surface area contributed by atoms with Crippen molar-refractivity contribution in [3.8, 4) is 16.2 Å². The number of nitrogens with one attached hydrogen (secondary N) is 1. The number of nitro groups is 1. The molecule has 1 aliphatic rings. The van der Waals surface area contributed by atoms with Crippen molar-refractivity contribution in [1.29, 1.82) is 0 Å². The van der Waals surface area contributed by atoms with Crippen LogP contribution >= 0.6 is 11.3 Å². The van der Waals surface area contributed by atoms with Gasteiger partial charge in [0.05, 0.1) is 4.92 Å². The van der Waals surface area contributed by atoms with Gasteiger partial charge in [-0.3, -0.25) is 10.1 Å².